The lowest BCUT2D eigenvalue weighted by molar-refractivity contribution is 0.0742. The smallest absolute Gasteiger partial charge is 0.276 e. The van der Waals surface area contributed by atoms with Gasteiger partial charge < -0.3 is 14.2 Å². The van der Waals surface area contributed by atoms with Gasteiger partial charge in [-0.25, -0.2) is 4.98 Å². The van der Waals surface area contributed by atoms with Crippen LogP contribution in [0.25, 0.3) is 11.3 Å². The molecular formula is C20H19N3O2. The Morgan fingerprint density at radius 3 is 2.20 bits per heavy atom. The number of hydrogen-bond acceptors (Lipinski definition) is 4. The third-order valence-electron chi connectivity index (χ3n) is 4.49. The molecule has 2 aromatic carbocycles. The monoisotopic (exact) mass is 333 g/mol. The van der Waals surface area contributed by atoms with Crippen LogP contribution in [0.5, 0.6) is 0 Å². The number of para-hydroxylation sites is 1. The van der Waals surface area contributed by atoms with Crippen molar-refractivity contribution in [2.75, 3.05) is 31.1 Å². The molecule has 1 aliphatic rings. The zero-order valence-electron chi connectivity index (χ0n) is 13.8. The van der Waals surface area contributed by atoms with Crippen LogP contribution in [-0.4, -0.2) is 42.0 Å². The topological polar surface area (TPSA) is 49.6 Å². The zero-order valence-corrected chi connectivity index (χ0v) is 13.8. The Bertz CT molecular complexity index is 838. The van der Waals surface area contributed by atoms with Gasteiger partial charge in [-0.15, -0.1) is 0 Å². The summed E-state index contributed by atoms with van der Waals surface area (Å²) in [5.41, 5.74) is 2.45. The maximum atomic E-state index is 12.9. The van der Waals surface area contributed by atoms with E-state index in [0.29, 0.717) is 24.5 Å². The fourth-order valence-electron chi connectivity index (χ4n) is 3.15. The van der Waals surface area contributed by atoms with Crippen molar-refractivity contribution in [2.24, 2.45) is 0 Å². The van der Waals surface area contributed by atoms with Gasteiger partial charge >= 0.3 is 0 Å². The molecule has 0 atom stereocenters. The van der Waals surface area contributed by atoms with Crippen molar-refractivity contribution in [3.8, 4) is 11.3 Å². The van der Waals surface area contributed by atoms with Crippen LogP contribution < -0.4 is 4.90 Å². The maximum Gasteiger partial charge on any atom is 0.276 e. The summed E-state index contributed by atoms with van der Waals surface area (Å²) in [4.78, 5) is 21.2. The van der Waals surface area contributed by atoms with Gasteiger partial charge in [0.05, 0.1) is 0 Å². The molecule has 0 unspecified atom stereocenters. The Kier molecular flexibility index (Phi) is 4.21. The van der Waals surface area contributed by atoms with E-state index in [-0.39, 0.29) is 5.91 Å². The van der Waals surface area contributed by atoms with E-state index in [1.807, 2.05) is 53.4 Å². The van der Waals surface area contributed by atoms with Gasteiger partial charge in [0.25, 0.3) is 5.91 Å². The summed E-state index contributed by atoms with van der Waals surface area (Å²) in [6.07, 6.45) is 1.34. The van der Waals surface area contributed by atoms with E-state index in [9.17, 15) is 4.79 Å². The second kappa shape index (κ2) is 6.81. The van der Waals surface area contributed by atoms with Gasteiger partial charge in [0.2, 0.25) is 0 Å². The third-order valence-corrected chi connectivity index (χ3v) is 4.49. The van der Waals surface area contributed by atoms with Crippen molar-refractivity contribution < 1.29 is 9.21 Å². The lowest BCUT2D eigenvalue weighted by Gasteiger charge is -2.35. The Morgan fingerprint density at radius 1 is 0.880 bits per heavy atom. The molecule has 0 bridgehead atoms. The lowest BCUT2D eigenvalue weighted by atomic mass is 10.1. The summed E-state index contributed by atoms with van der Waals surface area (Å²) in [7, 11) is 0. The molecule has 25 heavy (non-hydrogen) atoms. The van der Waals surface area contributed by atoms with E-state index in [1.165, 1.54) is 12.1 Å². The Balaban J connectivity index is 1.48. The van der Waals surface area contributed by atoms with E-state index in [1.54, 1.807) is 0 Å². The number of hydrogen-bond donors (Lipinski definition) is 0. The fourth-order valence-corrected chi connectivity index (χ4v) is 3.15. The van der Waals surface area contributed by atoms with Crippen LogP contribution in [0.2, 0.25) is 0 Å². The molecule has 0 saturated carbocycles. The van der Waals surface area contributed by atoms with Crippen LogP contribution in [0.1, 0.15) is 10.5 Å². The van der Waals surface area contributed by atoms with Gasteiger partial charge in [-0.1, -0.05) is 48.5 Å². The van der Waals surface area contributed by atoms with E-state index in [4.69, 9.17) is 4.42 Å². The van der Waals surface area contributed by atoms with Gasteiger partial charge in [-0.05, 0) is 12.1 Å². The highest BCUT2D eigenvalue weighted by molar-refractivity contribution is 5.97. The molecule has 126 valence electrons. The first kappa shape index (κ1) is 15.4. The van der Waals surface area contributed by atoms with E-state index in [0.717, 1.165) is 18.7 Å². The number of oxazole rings is 1. The maximum absolute atomic E-state index is 12.9. The highest BCUT2D eigenvalue weighted by Gasteiger charge is 2.27. The van der Waals surface area contributed by atoms with Gasteiger partial charge in [0, 0.05) is 37.4 Å². The molecule has 5 nitrogen and oxygen atoms in total. The number of anilines is 1. The second-order valence-corrected chi connectivity index (χ2v) is 6.01. The minimum atomic E-state index is -0.0692. The van der Waals surface area contributed by atoms with Gasteiger partial charge in [-0.3, -0.25) is 4.79 Å². The molecule has 0 radical (unpaired) electrons. The van der Waals surface area contributed by atoms with E-state index < -0.39 is 0 Å². The van der Waals surface area contributed by atoms with Gasteiger partial charge in [0.1, 0.15) is 0 Å². The quantitative estimate of drug-likeness (QED) is 0.738. The van der Waals surface area contributed by atoms with Gasteiger partial charge in [-0.2, -0.15) is 0 Å². The number of benzene rings is 2. The summed E-state index contributed by atoms with van der Waals surface area (Å²) >= 11 is 0. The molecule has 1 aromatic heterocycles. The number of carbonyl (C=O) groups excluding carboxylic acids is 1. The fraction of sp³-hybridized carbons (Fsp3) is 0.200. The highest BCUT2D eigenvalue weighted by atomic mass is 16.3. The molecule has 1 aliphatic heterocycles. The van der Waals surface area contributed by atoms with E-state index >= 15 is 0 Å². The molecule has 0 spiro atoms. The summed E-state index contributed by atoms with van der Waals surface area (Å²) in [6.45, 7) is 2.98. The first-order chi connectivity index (χ1) is 12.3. The van der Waals surface area contributed by atoms with Crippen LogP contribution >= 0.6 is 0 Å². The SMILES string of the molecule is O=C(c1ncoc1-c1ccccc1)N1CCN(c2ccccc2)CC1. The van der Waals surface area contributed by atoms with Crippen molar-refractivity contribution in [3.05, 3.63) is 72.8 Å². The molecule has 0 N–H and O–H groups in total. The molecule has 0 aliphatic carbocycles. The summed E-state index contributed by atoms with van der Waals surface area (Å²) < 4.78 is 5.48. The first-order valence-electron chi connectivity index (χ1n) is 8.41. The van der Waals surface area contributed by atoms with Crippen LogP contribution in [0.15, 0.2) is 71.5 Å². The molecule has 1 amide bonds. The zero-order chi connectivity index (χ0) is 17.1. The summed E-state index contributed by atoms with van der Waals surface area (Å²) in [5, 5.41) is 0. The Labute approximate surface area is 146 Å². The van der Waals surface area contributed by atoms with Crippen molar-refractivity contribution in [1.82, 2.24) is 9.88 Å². The van der Waals surface area contributed by atoms with Crippen LogP contribution in [0.3, 0.4) is 0 Å². The number of piperazine rings is 1. The number of rotatable bonds is 3. The standard InChI is InChI=1S/C20H19N3O2/c24-20(18-19(25-15-21-18)16-7-3-1-4-8-16)23-13-11-22(12-14-23)17-9-5-2-6-10-17/h1-10,15H,11-14H2. The number of nitrogens with zero attached hydrogens (tertiary/aromatic N) is 3. The second-order valence-electron chi connectivity index (χ2n) is 6.01. The third kappa shape index (κ3) is 3.13. The molecule has 4 rings (SSSR count). The molecule has 3 aromatic rings. The largest absolute Gasteiger partial charge is 0.443 e. The number of carbonyl (C=O) groups is 1. The average molecular weight is 333 g/mol. The lowest BCUT2D eigenvalue weighted by Crippen LogP contribution is -2.49. The van der Waals surface area contributed by atoms with E-state index in [2.05, 4.69) is 22.0 Å². The minimum absolute atomic E-state index is 0.0692. The predicted octanol–water partition coefficient (Wildman–Crippen LogP) is 3.30. The van der Waals surface area contributed by atoms with Gasteiger partial charge in [0.15, 0.2) is 17.8 Å². The van der Waals surface area contributed by atoms with Crippen molar-refractivity contribution in [3.63, 3.8) is 0 Å². The van der Waals surface area contributed by atoms with Crippen molar-refractivity contribution >= 4 is 11.6 Å². The molecule has 5 heteroatoms. The summed E-state index contributed by atoms with van der Waals surface area (Å²) in [5.74, 6) is 0.469. The highest BCUT2D eigenvalue weighted by Crippen LogP contribution is 2.24. The van der Waals surface area contributed by atoms with Crippen molar-refractivity contribution in [1.29, 1.82) is 0 Å². The van der Waals surface area contributed by atoms with Crippen LogP contribution in [0.4, 0.5) is 5.69 Å². The minimum Gasteiger partial charge on any atom is -0.443 e. The molecule has 2 heterocycles. The average Bonchev–Trinajstić information content (AvgIpc) is 3.19. The molecule has 1 saturated heterocycles. The first-order valence-corrected chi connectivity index (χ1v) is 8.41. The Morgan fingerprint density at radius 2 is 1.52 bits per heavy atom. The normalized spacial score (nSPS) is 14.6. The number of amides is 1. The molecule has 1 fully saturated rings. The number of aromatic nitrogens is 1. The van der Waals surface area contributed by atoms with Crippen LogP contribution in [-0.2, 0) is 0 Å². The summed E-state index contributed by atoms with van der Waals surface area (Å²) in [6, 6.07) is 19.9. The van der Waals surface area contributed by atoms with Crippen LogP contribution in [0, 0.1) is 0 Å². The molecular weight excluding hydrogens is 314 g/mol. The predicted molar refractivity (Wildman–Crippen MR) is 96.5 cm³/mol. The van der Waals surface area contributed by atoms with Crippen molar-refractivity contribution in [2.45, 2.75) is 0 Å². The Hall–Kier alpha value is -3.08.